The highest BCUT2D eigenvalue weighted by Crippen LogP contribution is 2.35. The molecule has 3 aromatic rings. The second-order valence-electron chi connectivity index (χ2n) is 5.19. The number of hydrogen-bond acceptors (Lipinski definition) is 4. The van der Waals surface area contributed by atoms with Crippen molar-refractivity contribution in [2.75, 3.05) is 11.1 Å². The topological polar surface area (TPSA) is 68.0 Å². The van der Waals surface area contributed by atoms with Gasteiger partial charge in [0.1, 0.15) is 9.71 Å². The molecule has 0 aliphatic heterocycles. The first-order valence-corrected chi connectivity index (χ1v) is 7.71. The van der Waals surface area contributed by atoms with Gasteiger partial charge in [-0.2, -0.15) is 13.2 Å². The lowest BCUT2D eigenvalue weighted by molar-refractivity contribution is -0.137. The maximum Gasteiger partial charge on any atom is 0.416 e. The summed E-state index contributed by atoms with van der Waals surface area (Å²) in [5.74, 6) is -0.561. The van der Waals surface area contributed by atoms with Crippen molar-refractivity contribution >= 4 is 38.8 Å². The molecule has 0 aliphatic rings. The second-order valence-corrected chi connectivity index (χ2v) is 6.18. The lowest BCUT2D eigenvalue weighted by Gasteiger charge is -2.09. The Labute approximate surface area is 139 Å². The van der Waals surface area contributed by atoms with E-state index in [0.29, 0.717) is 10.2 Å². The van der Waals surface area contributed by atoms with Crippen LogP contribution in [0.4, 0.5) is 24.5 Å². The zero-order chi connectivity index (χ0) is 17.5. The Morgan fingerprint density at radius 2 is 2.04 bits per heavy atom. The molecule has 0 spiro atoms. The number of rotatable bonds is 2. The molecular formula is C16H12F3N3OS. The van der Waals surface area contributed by atoms with Gasteiger partial charge in [0.25, 0.3) is 5.91 Å². The van der Waals surface area contributed by atoms with E-state index in [4.69, 9.17) is 5.73 Å². The molecule has 2 heterocycles. The molecule has 1 amide bonds. The minimum atomic E-state index is -4.47. The molecular weight excluding hydrogens is 339 g/mol. The third kappa shape index (κ3) is 2.92. The Balaban J connectivity index is 1.94. The summed E-state index contributed by atoms with van der Waals surface area (Å²) in [6.07, 6.45) is -2.86. The number of carbonyl (C=O) groups excluding carboxylic acids is 1. The highest BCUT2D eigenvalue weighted by molar-refractivity contribution is 7.21. The molecule has 0 aliphatic carbocycles. The number of pyridine rings is 1. The average molecular weight is 351 g/mol. The fourth-order valence-corrected chi connectivity index (χ4v) is 3.37. The van der Waals surface area contributed by atoms with Crippen LogP contribution in [0.1, 0.15) is 20.8 Å². The molecule has 0 saturated heterocycles. The largest absolute Gasteiger partial charge is 0.416 e. The fraction of sp³-hybridized carbons (Fsp3) is 0.125. The maximum absolute atomic E-state index is 12.7. The molecule has 3 N–H and O–H groups in total. The van der Waals surface area contributed by atoms with Crippen molar-refractivity contribution in [3.05, 3.63) is 52.5 Å². The van der Waals surface area contributed by atoms with Crippen molar-refractivity contribution in [1.29, 1.82) is 0 Å². The van der Waals surface area contributed by atoms with E-state index < -0.39 is 17.6 Å². The third-order valence-electron chi connectivity index (χ3n) is 3.49. The number of nitrogens with two attached hydrogens (primary N) is 1. The van der Waals surface area contributed by atoms with Gasteiger partial charge in [-0.05, 0) is 36.8 Å². The van der Waals surface area contributed by atoms with Crippen LogP contribution in [0.2, 0.25) is 0 Å². The number of nitrogens with zero attached hydrogens (tertiary/aromatic N) is 1. The summed E-state index contributed by atoms with van der Waals surface area (Å²) in [4.78, 5) is 17.4. The van der Waals surface area contributed by atoms with Crippen LogP contribution in [-0.4, -0.2) is 10.9 Å². The lowest BCUT2D eigenvalue weighted by Crippen LogP contribution is -2.13. The van der Waals surface area contributed by atoms with Crippen LogP contribution in [0, 0.1) is 6.92 Å². The minimum Gasteiger partial charge on any atom is -0.397 e. The number of fused-ring (bicyclic) bond motifs is 1. The lowest BCUT2D eigenvalue weighted by atomic mass is 10.1. The maximum atomic E-state index is 12.7. The Morgan fingerprint density at radius 3 is 2.71 bits per heavy atom. The van der Waals surface area contributed by atoms with Gasteiger partial charge in [-0.3, -0.25) is 4.79 Å². The van der Waals surface area contributed by atoms with Crippen LogP contribution in [0.5, 0.6) is 0 Å². The van der Waals surface area contributed by atoms with Crippen LogP contribution in [0.25, 0.3) is 10.2 Å². The van der Waals surface area contributed by atoms with Gasteiger partial charge in [-0.25, -0.2) is 4.98 Å². The number of anilines is 2. The monoisotopic (exact) mass is 351 g/mol. The summed E-state index contributed by atoms with van der Waals surface area (Å²) in [6, 6.07) is 6.22. The highest BCUT2D eigenvalue weighted by Gasteiger charge is 2.30. The molecule has 0 saturated carbocycles. The van der Waals surface area contributed by atoms with Crippen LogP contribution in [0.3, 0.4) is 0 Å². The molecule has 124 valence electrons. The molecule has 1 aromatic carbocycles. The molecule has 8 heteroatoms. The molecule has 0 unspecified atom stereocenters. The molecule has 0 bridgehead atoms. The minimum absolute atomic E-state index is 0.0522. The van der Waals surface area contributed by atoms with Crippen LogP contribution < -0.4 is 11.1 Å². The van der Waals surface area contributed by atoms with Gasteiger partial charge in [-0.1, -0.05) is 6.07 Å². The number of halogens is 3. The van der Waals surface area contributed by atoms with E-state index in [2.05, 4.69) is 10.3 Å². The van der Waals surface area contributed by atoms with Crippen molar-refractivity contribution in [3.63, 3.8) is 0 Å². The summed E-state index contributed by atoms with van der Waals surface area (Å²) in [5, 5.41) is 3.15. The number of thiophene rings is 1. The Bertz CT molecular complexity index is 934. The number of alkyl halides is 3. The standard InChI is InChI=1S/C16H12F3N3OS/c1-8-5-6-21-15-11(8)12(20)13(24-15)14(23)22-10-4-2-3-9(7-10)16(17,18)19/h2-7H,20H2,1H3,(H,22,23). The number of nitrogens with one attached hydrogen (secondary N) is 1. The van der Waals surface area contributed by atoms with Gasteiger partial charge < -0.3 is 11.1 Å². The Hall–Kier alpha value is -2.61. The van der Waals surface area contributed by atoms with E-state index in [-0.39, 0.29) is 16.3 Å². The fourth-order valence-electron chi connectivity index (χ4n) is 2.33. The van der Waals surface area contributed by atoms with E-state index in [1.54, 1.807) is 12.3 Å². The predicted octanol–water partition coefficient (Wildman–Crippen LogP) is 4.46. The van der Waals surface area contributed by atoms with Gasteiger partial charge in [0.2, 0.25) is 0 Å². The molecule has 0 atom stereocenters. The first kappa shape index (κ1) is 16.3. The number of aryl methyl sites for hydroxylation is 1. The van der Waals surface area contributed by atoms with Gasteiger partial charge >= 0.3 is 6.18 Å². The number of amides is 1. The average Bonchev–Trinajstić information content (AvgIpc) is 2.85. The van der Waals surface area contributed by atoms with Crippen molar-refractivity contribution in [3.8, 4) is 0 Å². The number of nitrogen functional groups attached to an aromatic ring is 1. The Kier molecular flexibility index (Phi) is 3.92. The highest BCUT2D eigenvalue weighted by atomic mass is 32.1. The van der Waals surface area contributed by atoms with Crippen molar-refractivity contribution in [2.24, 2.45) is 0 Å². The number of aromatic nitrogens is 1. The summed E-state index contributed by atoms with van der Waals surface area (Å²) in [6.45, 7) is 1.85. The van der Waals surface area contributed by atoms with Crippen LogP contribution in [0.15, 0.2) is 36.5 Å². The van der Waals surface area contributed by atoms with E-state index in [1.807, 2.05) is 6.92 Å². The molecule has 24 heavy (non-hydrogen) atoms. The van der Waals surface area contributed by atoms with Crippen molar-refractivity contribution in [2.45, 2.75) is 13.1 Å². The normalized spacial score (nSPS) is 11.7. The summed E-state index contributed by atoms with van der Waals surface area (Å²) >= 11 is 1.10. The molecule has 2 aromatic heterocycles. The predicted molar refractivity (Wildman–Crippen MR) is 88.2 cm³/mol. The number of hydrogen-bond donors (Lipinski definition) is 2. The van der Waals surface area contributed by atoms with Crippen LogP contribution >= 0.6 is 11.3 Å². The van der Waals surface area contributed by atoms with E-state index >= 15 is 0 Å². The summed E-state index contributed by atoms with van der Waals surface area (Å²) in [7, 11) is 0. The van der Waals surface area contributed by atoms with E-state index in [9.17, 15) is 18.0 Å². The number of carbonyl (C=O) groups is 1. The SMILES string of the molecule is Cc1ccnc2sc(C(=O)Nc3cccc(C(F)(F)F)c3)c(N)c12. The van der Waals surface area contributed by atoms with Gasteiger partial charge in [-0.15, -0.1) is 11.3 Å². The third-order valence-corrected chi connectivity index (χ3v) is 4.60. The second kappa shape index (κ2) is 5.79. The summed E-state index contributed by atoms with van der Waals surface area (Å²) in [5.41, 5.74) is 6.41. The van der Waals surface area contributed by atoms with E-state index in [0.717, 1.165) is 29.0 Å². The van der Waals surface area contributed by atoms with Gasteiger partial charge in [0, 0.05) is 17.3 Å². The van der Waals surface area contributed by atoms with Gasteiger partial charge in [0.05, 0.1) is 11.3 Å². The van der Waals surface area contributed by atoms with E-state index in [1.165, 1.54) is 12.1 Å². The quantitative estimate of drug-likeness (QED) is 0.716. The molecule has 3 rings (SSSR count). The van der Waals surface area contributed by atoms with Crippen LogP contribution in [-0.2, 0) is 6.18 Å². The smallest absolute Gasteiger partial charge is 0.397 e. The van der Waals surface area contributed by atoms with Gasteiger partial charge in [0.15, 0.2) is 0 Å². The first-order chi connectivity index (χ1) is 11.3. The Morgan fingerprint density at radius 1 is 1.29 bits per heavy atom. The zero-order valence-electron chi connectivity index (χ0n) is 12.4. The zero-order valence-corrected chi connectivity index (χ0v) is 13.3. The first-order valence-electron chi connectivity index (χ1n) is 6.89. The number of benzene rings is 1. The molecule has 0 fully saturated rings. The van der Waals surface area contributed by atoms with Crippen molar-refractivity contribution in [1.82, 2.24) is 4.98 Å². The summed E-state index contributed by atoms with van der Waals surface area (Å²) < 4.78 is 38.2. The molecule has 4 nitrogen and oxygen atoms in total. The van der Waals surface area contributed by atoms with Crippen molar-refractivity contribution < 1.29 is 18.0 Å². The molecule has 0 radical (unpaired) electrons.